The molecule has 4 heteroatoms. The van der Waals surface area contributed by atoms with E-state index in [4.69, 9.17) is 15.3 Å². The Labute approximate surface area is 97.2 Å². The van der Waals surface area contributed by atoms with Crippen molar-refractivity contribution in [2.45, 2.75) is 46.3 Å². The van der Waals surface area contributed by atoms with Crippen molar-refractivity contribution in [3.8, 4) is 0 Å². The molecule has 0 fully saturated rings. The standard InChI is InChI=1S/C12H24O4/c1-9(4-5-10(14)6-7-13)8-12(2,3)11(15)16/h5,9,11,13-16H,4,6-8H2,1-3H3. The molecule has 0 heterocycles. The van der Waals surface area contributed by atoms with Gasteiger partial charge in [-0.05, 0) is 24.8 Å². The first-order valence-electron chi connectivity index (χ1n) is 5.64. The summed E-state index contributed by atoms with van der Waals surface area (Å²) in [5.74, 6) is 0.439. The molecule has 0 radical (unpaired) electrons. The van der Waals surface area contributed by atoms with Gasteiger partial charge in [-0.15, -0.1) is 0 Å². The highest BCUT2D eigenvalue weighted by Crippen LogP contribution is 2.29. The molecule has 0 aromatic rings. The average Bonchev–Trinajstić information content (AvgIpc) is 2.14. The molecule has 0 aromatic carbocycles. The first kappa shape index (κ1) is 15.4. The molecule has 0 aliphatic rings. The van der Waals surface area contributed by atoms with Gasteiger partial charge >= 0.3 is 0 Å². The summed E-state index contributed by atoms with van der Waals surface area (Å²) in [7, 11) is 0. The maximum absolute atomic E-state index is 9.31. The quantitative estimate of drug-likeness (QED) is 0.397. The number of aliphatic hydroxyl groups excluding tert-OH is 3. The summed E-state index contributed by atoms with van der Waals surface area (Å²) in [6.45, 7) is 5.53. The summed E-state index contributed by atoms with van der Waals surface area (Å²) in [5, 5.41) is 36.2. The van der Waals surface area contributed by atoms with Crippen LogP contribution in [0, 0.1) is 11.3 Å². The van der Waals surface area contributed by atoms with Crippen LogP contribution in [0.3, 0.4) is 0 Å². The van der Waals surface area contributed by atoms with Gasteiger partial charge in [0.05, 0.1) is 12.4 Å². The molecule has 0 saturated carbocycles. The molecule has 0 saturated heterocycles. The zero-order chi connectivity index (χ0) is 12.8. The third kappa shape index (κ3) is 6.10. The van der Waals surface area contributed by atoms with Crippen LogP contribution in [-0.2, 0) is 0 Å². The SMILES string of the molecule is CC(CC=C(O)CCO)CC(C)(C)C(O)O. The molecule has 1 unspecified atom stereocenters. The highest BCUT2D eigenvalue weighted by molar-refractivity contribution is 4.92. The van der Waals surface area contributed by atoms with E-state index in [1.165, 1.54) is 0 Å². The number of hydrogen-bond acceptors (Lipinski definition) is 4. The van der Waals surface area contributed by atoms with Crippen LogP contribution < -0.4 is 0 Å². The van der Waals surface area contributed by atoms with E-state index in [0.29, 0.717) is 12.8 Å². The molecule has 0 aromatic heterocycles. The molecule has 0 spiro atoms. The van der Waals surface area contributed by atoms with Gasteiger partial charge in [0, 0.05) is 11.8 Å². The maximum Gasteiger partial charge on any atom is 0.156 e. The lowest BCUT2D eigenvalue weighted by atomic mass is 9.81. The lowest BCUT2D eigenvalue weighted by molar-refractivity contribution is -0.128. The van der Waals surface area contributed by atoms with Crippen molar-refractivity contribution in [2.24, 2.45) is 11.3 Å². The average molecular weight is 232 g/mol. The Bertz CT molecular complexity index is 221. The summed E-state index contributed by atoms with van der Waals surface area (Å²) in [4.78, 5) is 0. The van der Waals surface area contributed by atoms with Crippen molar-refractivity contribution in [3.63, 3.8) is 0 Å². The predicted octanol–water partition coefficient (Wildman–Crippen LogP) is 1.56. The fourth-order valence-corrected chi connectivity index (χ4v) is 1.64. The Morgan fingerprint density at radius 1 is 1.31 bits per heavy atom. The minimum Gasteiger partial charge on any atom is -0.513 e. The fourth-order valence-electron chi connectivity index (χ4n) is 1.64. The van der Waals surface area contributed by atoms with Crippen LogP contribution in [0.4, 0.5) is 0 Å². The van der Waals surface area contributed by atoms with Crippen molar-refractivity contribution in [1.82, 2.24) is 0 Å². The van der Waals surface area contributed by atoms with Crippen LogP contribution in [0.1, 0.15) is 40.0 Å². The van der Waals surface area contributed by atoms with Crippen molar-refractivity contribution >= 4 is 0 Å². The lowest BCUT2D eigenvalue weighted by Crippen LogP contribution is -2.30. The van der Waals surface area contributed by atoms with Crippen LogP contribution in [0.15, 0.2) is 11.8 Å². The third-order valence-corrected chi connectivity index (χ3v) is 2.70. The van der Waals surface area contributed by atoms with Gasteiger partial charge in [-0.1, -0.05) is 20.8 Å². The van der Waals surface area contributed by atoms with Gasteiger partial charge in [-0.2, -0.15) is 0 Å². The maximum atomic E-state index is 9.31. The fraction of sp³-hybridized carbons (Fsp3) is 0.833. The largest absolute Gasteiger partial charge is 0.513 e. The summed E-state index contributed by atoms with van der Waals surface area (Å²) in [5.41, 5.74) is -0.542. The van der Waals surface area contributed by atoms with E-state index in [0.717, 1.165) is 0 Å². The van der Waals surface area contributed by atoms with E-state index in [1.807, 2.05) is 6.92 Å². The second kappa shape index (κ2) is 6.89. The summed E-state index contributed by atoms with van der Waals surface area (Å²) in [6.07, 6.45) is 1.96. The van der Waals surface area contributed by atoms with Crippen LogP contribution in [0.2, 0.25) is 0 Å². The van der Waals surface area contributed by atoms with Gasteiger partial charge < -0.3 is 20.4 Å². The highest BCUT2D eigenvalue weighted by Gasteiger charge is 2.27. The molecule has 0 aliphatic carbocycles. The molecule has 96 valence electrons. The van der Waals surface area contributed by atoms with Gasteiger partial charge in [0.25, 0.3) is 0 Å². The molecular formula is C12H24O4. The van der Waals surface area contributed by atoms with Gasteiger partial charge in [0.1, 0.15) is 0 Å². The molecule has 4 N–H and O–H groups in total. The smallest absolute Gasteiger partial charge is 0.156 e. The minimum absolute atomic E-state index is 0.0580. The first-order chi connectivity index (χ1) is 7.29. The molecule has 0 rings (SSSR count). The summed E-state index contributed by atoms with van der Waals surface area (Å²) < 4.78 is 0. The Balaban J connectivity index is 4.09. The van der Waals surface area contributed by atoms with Crippen LogP contribution >= 0.6 is 0 Å². The molecule has 16 heavy (non-hydrogen) atoms. The zero-order valence-corrected chi connectivity index (χ0v) is 10.3. The lowest BCUT2D eigenvalue weighted by Gasteiger charge is -2.29. The Morgan fingerprint density at radius 2 is 1.88 bits per heavy atom. The van der Waals surface area contributed by atoms with Crippen LogP contribution in [0.25, 0.3) is 0 Å². The Morgan fingerprint density at radius 3 is 2.31 bits per heavy atom. The van der Waals surface area contributed by atoms with Crippen LogP contribution in [-0.4, -0.2) is 33.3 Å². The number of allylic oxidation sites excluding steroid dienone is 1. The molecular weight excluding hydrogens is 208 g/mol. The molecule has 0 aliphatic heterocycles. The second-order valence-corrected chi connectivity index (χ2v) is 5.08. The zero-order valence-electron chi connectivity index (χ0n) is 10.3. The third-order valence-electron chi connectivity index (χ3n) is 2.70. The summed E-state index contributed by atoms with van der Waals surface area (Å²) in [6, 6.07) is 0. The van der Waals surface area contributed by atoms with Gasteiger partial charge in [0.15, 0.2) is 6.29 Å². The predicted molar refractivity (Wildman–Crippen MR) is 62.8 cm³/mol. The first-order valence-corrected chi connectivity index (χ1v) is 5.64. The van der Waals surface area contributed by atoms with Gasteiger partial charge in [0.2, 0.25) is 0 Å². The molecule has 4 nitrogen and oxygen atoms in total. The number of hydrogen-bond donors (Lipinski definition) is 4. The van der Waals surface area contributed by atoms with E-state index in [1.54, 1.807) is 19.9 Å². The molecule has 1 atom stereocenters. The number of rotatable bonds is 7. The number of aliphatic hydroxyl groups is 4. The van der Waals surface area contributed by atoms with Crippen LogP contribution in [0.5, 0.6) is 0 Å². The van der Waals surface area contributed by atoms with Crippen molar-refractivity contribution in [1.29, 1.82) is 0 Å². The topological polar surface area (TPSA) is 80.9 Å². The second-order valence-electron chi connectivity index (χ2n) is 5.08. The van der Waals surface area contributed by atoms with E-state index in [9.17, 15) is 5.11 Å². The monoisotopic (exact) mass is 232 g/mol. The summed E-state index contributed by atoms with van der Waals surface area (Å²) >= 11 is 0. The van der Waals surface area contributed by atoms with E-state index >= 15 is 0 Å². The van der Waals surface area contributed by atoms with Crippen molar-refractivity contribution < 1.29 is 20.4 Å². The van der Waals surface area contributed by atoms with E-state index in [2.05, 4.69) is 0 Å². The minimum atomic E-state index is -1.33. The molecule has 0 bridgehead atoms. The van der Waals surface area contributed by atoms with E-state index in [-0.39, 0.29) is 24.7 Å². The highest BCUT2D eigenvalue weighted by atomic mass is 16.5. The van der Waals surface area contributed by atoms with Crippen molar-refractivity contribution in [3.05, 3.63) is 11.8 Å². The van der Waals surface area contributed by atoms with Gasteiger partial charge in [-0.3, -0.25) is 0 Å². The van der Waals surface area contributed by atoms with Gasteiger partial charge in [-0.25, -0.2) is 0 Å². The van der Waals surface area contributed by atoms with E-state index < -0.39 is 11.7 Å². The normalized spacial score (nSPS) is 15.6. The Kier molecular flexibility index (Phi) is 6.64. The Hall–Kier alpha value is -0.580. The van der Waals surface area contributed by atoms with Crippen molar-refractivity contribution in [2.75, 3.05) is 6.61 Å². The molecule has 0 amide bonds.